The van der Waals surface area contributed by atoms with Gasteiger partial charge in [-0.05, 0) is 55.1 Å². The number of nitrogens with one attached hydrogen (secondary N) is 2. The number of nitrogens with zero attached hydrogens (tertiary/aromatic N) is 2. The molecule has 2 aliphatic heterocycles. The number of unbranched alkanes of at least 4 members (excludes halogenated alkanes) is 1. The van der Waals surface area contributed by atoms with E-state index in [0.717, 1.165) is 68.9 Å². The predicted molar refractivity (Wildman–Crippen MR) is 131 cm³/mol. The minimum Gasteiger partial charge on any atom is -0.368 e. The standard InChI is InChI=1S/C24H28Cl2N4O/c25-20-6-4-7-22(23(20)26)30-15-13-29(14-16-30)12-3-1-2-5-18-8-9-19-10-11-27-24(31)28-21(19)17-18/h2,4-9,17H,1,3,10-16H2,(H2,27,28,31)/b5-2+. The number of hydrogen-bond acceptors (Lipinski definition) is 3. The Hall–Kier alpha value is -2.21. The summed E-state index contributed by atoms with van der Waals surface area (Å²) >= 11 is 12.5. The van der Waals surface area contributed by atoms with Crippen LogP contribution in [0.4, 0.5) is 16.2 Å². The summed E-state index contributed by atoms with van der Waals surface area (Å²) < 4.78 is 0. The number of halogens is 2. The third-order valence-corrected chi connectivity index (χ3v) is 6.67. The van der Waals surface area contributed by atoms with Gasteiger partial charge in [0.15, 0.2) is 0 Å². The van der Waals surface area contributed by atoms with Gasteiger partial charge in [-0.2, -0.15) is 0 Å². The Morgan fingerprint density at radius 2 is 1.90 bits per heavy atom. The number of fused-ring (bicyclic) bond motifs is 1. The lowest BCUT2D eigenvalue weighted by Crippen LogP contribution is -2.46. The van der Waals surface area contributed by atoms with Crippen molar-refractivity contribution in [2.24, 2.45) is 0 Å². The van der Waals surface area contributed by atoms with Gasteiger partial charge in [0.1, 0.15) is 0 Å². The first-order valence-electron chi connectivity index (χ1n) is 10.9. The van der Waals surface area contributed by atoms with Crippen LogP contribution in [0, 0.1) is 0 Å². The molecule has 0 aliphatic carbocycles. The number of benzene rings is 2. The lowest BCUT2D eigenvalue weighted by Gasteiger charge is -2.36. The number of carbonyl (C=O) groups excluding carboxylic acids is 1. The molecular formula is C24H28Cl2N4O. The Bertz CT molecular complexity index is 955. The molecule has 2 aromatic carbocycles. The molecule has 0 atom stereocenters. The molecular weight excluding hydrogens is 431 g/mol. The minimum atomic E-state index is -0.127. The molecule has 0 radical (unpaired) electrons. The molecule has 0 saturated carbocycles. The zero-order chi connectivity index (χ0) is 21.6. The van der Waals surface area contributed by atoms with E-state index in [4.69, 9.17) is 23.2 Å². The molecule has 7 heteroatoms. The Morgan fingerprint density at radius 1 is 1.06 bits per heavy atom. The molecule has 1 fully saturated rings. The summed E-state index contributed by atoms with van der Waals surface area (Å²) in [5, 5.41) is 7.01. The van der Waals surface area contributed by atoms with Gasteiger partial charge in [-0.3, -0.25) is 4.90 Å². The average molecular weight is 459 g/mol. The van der Waals surface area contributed by atoms with Gasteiger partial charge in [0.25, 0.3) is 0 Å². The molecule has 2 heterocycles. The van der Waals surface area contributed by atoms with Crippen LogP contribution in [0.1, 0.15) is 24.0 Å². The number of allylic oxidation sites excluding steroid dienone is 1. The molecule has 2 aromatic rings. The third-order valence-electron chi connectivity index (χ3n) is 5.86. The van der Waals surface area contributed by atoms with Crippen LogP contribution >= 0.6 is 23.2 Å². The molecule has 5 nitrogen and oxygen atoms in total. The van der Waals surface area contributed by atoms with E-state index in [9.17, 15) is 4.79 Å². The highest BCUT2D eigenvalue weighted by Gasteiger charge is 2.19. The van der Waals surface area contributed by atoms with Gasteiger partial charge < -0.3 is 15.5 Å². The van der Waals surface area contributed by atoms with E-state index in [0.29, 0.717) is 16.6 Å². The fourth-order valence-corrected chi connectivity index (χ4v) is 4.53. The second-order valence-corrected chi connectivity index (χ2v) is 8.78. The molecule has 31 heavy (non-hydrogen) atoms. The van der Waals surface area contributed by atoms with Gasteiger partial charge in [0.05, 0.1) is 15.7 Å². The summed E-state index contributed by atoms with van der Waals surface area (Å²) in [6.45, 7) is 5.76. The van der Waals surface area contributed by atoms with Crippen LogP contribution in [0.3, 0.4) is 0 Å². The number of urea groups is 1. The van der Waals surface area contributed by atoms with Crippen molar-refractivity contribution in [2.45, 2.75) is 19.3 Å². The first-order chi connectivity index (χ1) is 15.1. The van der Waals surface area contributed by atoms with E-state index in [1.807, 2.05) is 18.2 Å². The van der Waals surface area contributed by atoms with Gasteiger partial charge in [-0.25, -0.2) is 4.79 Å². The fraction of sp³-hybridized carbons (Fsp3) is 0.375. The zero-order valence-corrected chi connectivity index (χ0v) is 19.1. The van der Waals surface area contributed by atoms with Gasteiger partial charge in [-0.15, -0.1) is 0 Å². The van der Waals surface area contributed by atoms with Gasteiger partial charge in [0.2, 0.25) is 0 Å². The summed E-state index contributed by atoms with van der Waals surface area (Å²) in [6.07, 6.45) is 7.38. The number of anilines is 2. The highest BCUT2D eigenvalue weighted by Crippen LogP contribution is 2.32. The average Bonchev–Trinajstić information content (AvgIpc) is 2.96. The molecule has 1 saturated heterocycles. The molecule has 0 bridgehead atoms. The number of piperazine rings is 1. The lowest BCUT2D eigenvalue weighted by molar-refractivity contribution is 0.252. The molecule has 2 aliphatic rings. The monoisotopic (exact) mass is 458 g/mol. The van der Waals surface area contributed by atoms with E-state index in [1.54, 1.807) is 0 Å². The van der Waals surface area contributed by atoms with E-state index >= 15 is 0 Å². The van der Waals surface area contributed by atoms with E-state index in [-0.39, 0.29) is 6.03 Å². The van der Waals surface area contributed by atoms with E-state index in [2.05, 4.69) is 50.8 Å². The van der Waals surface area contributed by atoms with E-state index < -0.39 is 0 Å². The molecule has 0 spiro atoms. The molecule has 0 unspecified atom stereocenters. The fourth-order valence-electron chi connectivity index (χ4n) is 4.11. The molecule has 4 rings (SSSR count). The number of rotatable bonds is 6. The van der Waals surface area contributed by atoms with Crippen molar-refractivity contribution in [3.05, 3.63) is 63.6 Å². The molecule has 2 amide bonds. The maximum atomic E-state index is 11.7. The van der Waals surface area contributed by atoms with Crippen LogP contribution in [0.25, 0.3) is 6.08 Å². The zero-order valence-electron chi connectivity index (χ0n) is 17.5. The summed E-state index contributed by atoms with van der Waals surface area (Å²) in [5.74, 6) is 0. The predicted octanol–water partition coefficient (Wildman–Crippen LogP) is 5.29. The summed E-state index contributed by atoms with van der Waals surface area (Å²) in [5.41, 5.74) is 4.24. The van der Waals surface area contributed by atoms with Crippen LogP contribution < -0.4 is 15.5 Å². The van der Waals surface area contributed by atoms with Crippen LogP contribution in [0.2, 0.25) is 10.0 Å². The first kappa shape index (κ1) is 22.0. The molecule has 164 valence electrons. The summed E-state index contributed by atoms with van der Waals surface area (Å²) in [6, 6.07) is 12.0. The number of carbonyl (C=O) groups is 1. The Morgan fingerprint density at radius 3 is 2.74 bits per heavy atom. The van der Waals surface area contributed by atoms with Crippen LogP contribution in [0.15, 0.2) is 42.5 Å². The van der Waals surface area contributed by atoms with Crippen molar-refractivity contribution >= 4 is 46.7 Å². The molecule has 2 N–H and O–H groups in total. The summed E-state index contributed by atoms with van der Waals surface area (Å²) in [7, 11) is 0. The van der Waals surface area contributed by atoms with Crippen molar-refractivity contribution in [3.63, 3.8) is 0 Å². The highest BCUT2D eigenvalue weighted by atomic mass is 35.5. The summed E-state index contributed by atoms with van der Waals surface area (Å²) in [4.78, 5) is 16.5. The van der Waals surface area contributed by atoms with Gasteiger partial charge in [-0.1, -0.05) is 53.6 Å². The first-order valence-corrected chi connectivity index (χ1v) is 11.6. The van der Waals surface area contributed by atoms with Crippen molar-refractivity contribution in [1.29, 1.82) is 0 Å². The minimum absolute atomic E-state index is 0.127. The number of amides is 2. The highest BCUT2D eigenvalue weighted by molar-refractivity contribution is 6.43. The Labute approximate surface area is 194 Å². The van der Waals surface area contributed by atoms with Crippen molar-refractivity contribution in [3.8, 4) is 0 Å². The van der Waals surface area contributed by atoms with E-state index in [1.165, 1.54) is 5.56 Å². The normalized spacial score (nSPS) is 17.2. The number of hydrogen-bond donors (Lipinski definition) is 2. The quantitative estimate of drug-likeness (QED) is 0.578. The van der Waals surface area contributed by atoms with Crippen LogP contribution in [0.5, 0.6) is 0 Å². The van der Waals surface area contributed by atoms with Crippen molar-refractivity contribution in [2.75, 3.05) is 49.5 Å². The topological polar surface area (TPSA) is 47.6 Å². The van der Waals surface area contributed by atoms with Crippen molar-refractivity contribution < 1.29 is 4.79 Å². The smallest absolute Gasteiger partial charge is 0.319 e. The van der Waals surface area contributed by atoms with Gasteiger partial charge in [0, 0.05) is 38.4 Å². The van der Waals surface area contributed by atoms with Crippen molar-refractivity contribution in [1.82, 2.24) is 10.2 Å². The van der Waals surface area contributed by atoms with Gasteiger partial charge >= 0.3 is 6.03 Å². The Balaban J connectivity index is 1.21. The Kier molecular flexibility index (Phi) is 7.38. The second-order valence-electron chi connectivity index (χ2n) is 7.99. The maximum Gasteiger partial charge on any atom is 0.319 e. The van der Waals surface area contributed by atoms with Crippen LogP contribution in [-0.2, 0) is 6.42 Å². The maximum absolute atomic E-state index is 11.7. The van der Waals surface area contributed by atoms with Crippen LogP contribution in [-0.4, -0.2) is 50.2 Å². The lowest BCUT2D eigenvalue weighted by atomic mass is 10.1. The third kappa shape index (κ3) is 5.73. The molecule has 0 aromatic heterocycles. The second kappa shape index (κ2) is 10.4. The largest absolute Gasteiger partial charge is 0.368 e. The SMILES string of the molecule is O=C1NCCc2ccc(/C=C/CCCN3CCN(c4cccc(Cl)c4Cl)CC3)cc2N1.